The molecule has 3 N–H and O–H groups in total. The number of rotatable bonds is 9. The smallest absolute Gasteiger partial charge is 0.124 e. The van der Waals surface area contributed by atoms with Crippen LogP contribution in [-0.4, -0.2) is 44.2 Å². The zero-order chi connectivity index (χ0) is 15.8. The molecule has 0 heterocycles. The van der Waals surface area contributed by atoms with Gasteiger partial charge in [0, 0.05) is 18.7 Å². The van der Waals surface area contributed by atoms with Crippen molar-refractivity contribution < 1.29 is 19.3 Å². The molecule has 0 radical (unpaired) electrons. The van der Waals surface area contributed by atoms with Gasteiger partial charge in [0.2, 0.25) is 0 Å². The average molecular weight is 297 g/mol. The van der Waals surface area contributed by atoms with Crippen molar-refractivity contribution >= 4 is 0 Å². The maximum Gasteiger partial charge on any atom is 0.124 e. The highest BCUT2D eigenvalue weighted by atomic mass is 16.5. The minimum absolute atomic E-state index is 0.0522. The standard InChI is InChI=1S/C16H27NO4/c1-11-5-6-16(15(7-11)13(3)17)21-10-14(18)9-20-12(2)8-19-4/h5-7,12-14,18H,8-10,17H2,1-4H3. The third-order valence-electron chi connectivity index (χ3n) is 3.06. The topological polar surface area (TPSA) is 73.9 Å². The summed E-state index contributed by atoms with van der Waals surface area (Å²) < 4.78 is 16.1. The molecule has 0 aliphatic heterocycles. The summed E-state index contributed by atoms with van der Waals surface area (Å²) >= 11 is 0. The molecule has 1 rings (SSSR count). The van der Waals surface area contributed by atoms with Gasteiger partial charge in [-0.15, -0.1) is 0 Å². The van der Waals surface area contributed by atoms with Gasteiger partial charge in [0.15, 0.2) is 0 Å². The van der Waals surface area contributed by atoms with Gasteiger partial charge in [0.25, 0.3) is 0 Å². The van der Waals surface area contributed by atoms with Crippen molar-refractivity contribution in [1.82, 2.24) is 0 Å². The molecule has 5 nitrogen and oxygen atoms in total. The van der Waals surface area contributed by atoms with Gasteiger partial charge >= 0.3 is 0 Å². The molecule has 0 saturated heterocycles. The number of benzene rings is 1. The monoisotopic (exact) mass is 297 g/mol. The van der Waals surface area contributed by atoms with E-state index >= 15 is 0 Å². The van der Waals surface area contributed by atoms with E-state index in [-0.39, 0.29) is 25.4 Å². The van der Waals surface area contributed by atoms with Gasteiger partial charge < -0.3 is 25.1 Å². The first-order valence-corrected chi connectivity index (χ1v) is 7.21. The second-order valence-corrected chi connectivity index (χ2v) is 5.39. The fourth-order valence-electron chi connectivity index (χ4n) is 1.95. The number of hydrogen-bond acceptors (Lipinski definition) is 5. The number of nitrogens with two attached hydrogens (primary N) is 1. The van der Waals surface area contributed by atoms with Gasteiger partial charge in [-0.2, -0.15) is 0 Å². The second-order valence-electron chi connectivity index (χ2n) is 5.39. The molecule has 1 aromatic rings. The van der Waals surface area contributed by atoms with Gasteiger partial charge in [0.05, 0.1) is 19.3 Å². The Labute approximate surface area is 127 Å². The molecule has 3 atom stereocenters. The molecule has 0 fully saturated rings. The summed E-state index contributed by atoms with van der Waals surface area (Å²) in [6.07, 6.45) is -0.741. The number of methoxy groups -OCH3 is 1. The van der Waals surface area contributed by atoms with Crippen molar-refractivity contribution in [2.45, 2.75) is 39.0 Å². The molecule has 120 valence electrons. The normalized spacial score (nSPS) is 15.5. The molecular formula is C16H27NO4. The van der Waals surface area contributed by atoms with Crippen molar-refractivity contribution in [3.8, 4) is 5.75 Å². The Morgan fingerprint density at radius 2 is 1.90 bits per heavy atom. The Morgan fingerprint density at radius 3 is 2.52 bits per heavy atom. The number of ether oxygens (including phenoxy) is 3. The van der Waals surface area contributed by atoms with Crippen molar-refractivity contribution in [1.29, 1.82) is 0 Å². The van der Waals surface area contributed by atoms with Crippen LogP contribution in [0.4, 0.5) is 0 Å². The fourth-order valence-corrected chi connectivity index (χ4v) is 1.95. The highest BCUT2D eigenvalue weighted by Gasteiger charge is 2.12. The van der Waals surface area contributed by atoms with Gasteiger partial charge in [-0.05, 0) is 26.8 Å². The van der Waals surface area contributed by atoms with Crippen LogP contribution in [0.1, 0.15) is 31.0 Å². The molecule has 0 amide bonds. The van der Waals surface area contributed by atoms with E-state index in [0.717, 1.165) is 11.1 Å². The van der Waals surface area contributed by atoms with E-state index in [9.17, 15) is 5.11 Å². The molecule has 0 aliphatic rings. The molecule has 3 unspecified atom stereocenters. The minimum Gasteiger partial charge on any atom is -0.490 e. The predicted molar refractivity (Wildman–Crippen MR) is 82.6 cm³/mol. The first-order valence-electron chi connectivity index (χ1n) is 7.21. The van der Waals surface area contributed by atoms with Gasteiger partial charge in [-0.25, -0.2) is 0 Å². The van der Waals surface area contributed by atoms with Crippen molar-refractivity contribution in [3.05, 3.63) is 29.3 Å². The molecule has 5 heteroatoms. The van der Waals surface area contributed by atoms with Crippen LogP contribution in [0.25, 0.3) is 0 Å². The van der Waals surface area contributed by atoms with Gasteiger partial charge in [-0.1, -0.05) is 17.7 Å². The Morgan fingerprint density at radius 1 is 1.19 bits per heavy atom. The summed E-state index contributed by atoms with van der Waals surface area (Å²) in [7, 11) is 1.62. The molecule has 0 aliphatic carbocycles. The quantitative estimate of drug-likeness (QED) is 0.727. The van der Waals surface area contributed by atoms with Crippen LogP contribution < -0.4 is 10.5 Å². The van der Waals surface area contributed by atoms with Crippen LogP contribution in [0.15, 0.2) is 18.2 Å². The summed E-state index contributed by atoms with van der Waals surface area (Å²) in [6, 6.07) is 5.73. The second kappa shape index (κ2) is 9.00. The summed E-state index contributed by atoms with van der Waals surface area (Å²) in [4.78, 5) is 0. The number of hydrogen-bond donors (Lipinski definition) is 2. The highest BCUT2D eigenvalue weighted by Crippen LogP contribution is 2.25. The van der Waals surface area contributed by atoms with Crippen LogP contribution in [0, 0.1) is 6.92 Å². The van der Waals surface area contributed by atoms with Gasteiger partial charge in [-0.3, -0.25) is 0 Å². The van der Waals surface area contributed by atoms with Crippen LogP contribution in [-0.2, 0) is 9.47 Å². The van der Waals surface area contributed by atoms with Crippen molar-refractivity contribution in [2.24, 2.45) is 5.73 Å². The Kier molecular flexibility index (Phi) is 7.67. The molecular weight excluding hydrogens is 270 g/mol. The molecule has 0 spiro atoms. The van der Waals surface area contributed by atoms with E-state index in [1.54, 1.807) is 7.11 Å². The van der Waals surface area contributed by atoms with E-state index in [1.165, 1.54) is 0 Å². The average Bonchev–Trinajstić information content (AvgIpc) is 2.44. The molecule has 0 saturated carbocycles. The first kappa shape index (κ1) is 17.9. The molecule has 21 heavy (non-hydrogen) atoms. The summed E-state index contributed by atoms with van der Waals surface area (Å²) in [5.74, 6) is 0.708. The fraction of sp³-hybridized carbons (Fsp3) is 0.625. The summed E-state index contributed by atoms with van der Waals surface area (Å²) in [6.45, 7) is 6.70. The van der Waals surface area contributed by atoms with Crippen LogP contribution in [0.2, 0.25) is 0 Å². The highest BCUT2D eigenvalue weighted by molar-refractivity contribution is 5.38. The lowest BCUT2D eigenvalue weighted by molar-refractivity contribution is -0.0423. The number of aryl methyl sites for hydroxylation is 1. The van der Waals surface area contributed by atoms with E-state index in [1.807, 2.05) is 39.0 Å². The van der Waals surface area contributed by atoms with E-state index in [0.29, 0.717) is 12.4 Å². The van der Waals surface area contributed by atoms with E-state index < -0.39 is 6.10 Å². The predicted octanol–water partition coefficient (Wildman–Crippen LogP) is 1.81. The first-order chi connectivity index (χ1) is 9.93. The Balaban J connectivity index is 2.47. The lowest BCUT2D eigenvalue weighted by Gasteiger charge is -2.18. The molecule has 0 aromatic heterocycles. The lowest BCUT2D eigenvalue weighted by Crippen LogP contribution is -2.27. The van der Waals surface area contributed by atoms with Crippen LogP contribution >= 0.6 is 0 Å². The van der Waals surface area contributed by atoms with Crippen LogP contribution in [0.5, 0.6) is 5.75 Å². The lowest BCUT2D eigenvalue weighted by atomic mass is 10.1. The Bertz CT molecular complexity index is 423. The third kappa shape index (κ3) is 6.44. The zero-order valence-electron chi connectivity index (χ0n) is 13.3. The minimum atomic E-state index is -0.688. The number of aliphatic hydroxyl groups is 1. The maximum atomic E-state index is 9.89. The summed E-state index contributed by atoms with van der Waals surface area (Å²) in [5, 5.41) is 9.89. The van der Waals surface area contributed by atoms with Crippen molar-refractivity contribution in [2.75, 3.05) is 26.9 Å². The van der Waals surface area contributed by atoms with E-state index in [4.69, 9.17) is 19.9 Å². The third-order valence-corrected chi connectivity index (χ3v) is 3.06. The number of aliphatic hydroxyl groups excluding tert-OH is 1. The SMILES string of the molecule is COCC(C)OCC(O)COc1ccc(C)cc1C(C)N. The Hall–Kier alpha value is -1.14. The van der Waals surface area contributed by atoms with Crippen LogP contribution in [0.3, 0.4) is 0 Å². The van der Waals surface area contributed by atoms with Crippen molar-refractivity contribution in [3.63, 3.8) is 0 Å². The largest absolute Gasteiger partial charge is 0.490 e. The zero-order valence-corrected chi connectivity index (χ0v) is 13.3. The maximum absolute atomic E-state index is 9.89. The molecule has 1 aromatic carbocycles. The summed E-state index contributed by atoms with van der Waals surface area (Å²) in [5.41, 5.74) is 8.01. The molecule has 0 bridgehead atoms. The van der Waals surface area contributed by atoms with E-state index in [2.05, 4.69) is 0 Å². The van der Waals surface area contributed by atoms with Gasteiger partial charge in [0.1, 0.15) is 18.5 Å².